The molecule has 0 aliphatic carbocycles. The summed E-state index contributed by atoms with van der Waals surface area (Å²) in [5, 5.41) is 8.59. The monoisotopic (exact) mass is 395 g/mol. The molecule has 0 unspecified atom stereocenters. The van der Waals surface area contributed by atoms with Gasteiger partial charge < -0.3 is 10.0 Å². The third-order valence-corrected chi connectivity index (χ3v) is 5.00. The molecule has 12 heteroatoms. The molecule has 0 aromatic heterocycles. The summed E-state index contributed by atoms with van der Waals surface area (Å²) in [7, 11) is -8.43. The van der Waals surface area contributed by atoms with E-state index in [-0.39, 0.29) is 24.9 Å². The van der Waals surface area contributed by atoms with Crippen molar-refractivity contribution in [3.8, 4) is 0 Å². The first-order valence-electron chi connectivity index (χ1n) is 6.82. The number of nitrogens with zero attached hydrogens (tertiary/aromatic N) is 1. The van der Waals surface area contributed by atoms with Crippen molar-refractivity contribution < 1.29 is 40.6 Å². The first-order valence-corrected chi connectivity index (χ1v) is 9.70. The first-order chi connectivity index (χ1) is 11.2. The summed E-state index contributed by atoms with van der Waals surface area (Å²) in [5.41, 5.74) is -0.564. The van der Waals surface area contributed by atoms with Gasteiger partial charge in [0, 0.05) is 20.0 Å². The van der Waals surface area contributed by atoms with Crippen LogP contribution in [0.2, 0.25) is 0 Å². The minimum atomic E-state index is -4.97. The van der Waals surface area contributed by atoms with Gasteiger partial charge in [0.15, 0.2) is 0 Å². The first kappa shape index (κ1) is 21.0. The minimum absolute atomic E-state index is 0.00443. The van der Waals surface area contributed by atoms with Gasteiger partial charge in [-0.05, 0) is 31.0 Å². The molecule has 0 saturated heterocycles. The van der Waals surface area contributed by atoms with Gasteiger partial charge in [-0.15, -0.1) is 0 Å². The molecule has 1 aromatic carbocycles. The van der Waals surface area contributed by atoms with E-state index in [9.17, 15) is 31.0 Å². The second kappa shape index (κ2) is 7.47. The predicted octanol–water partition coefficient (Wildman–Crippen LogP) is 0.425. The summed E-state index contributed by atoms with van der Waals surface area (Å²) >= 11 is 0. The van der Waals surface area contributed by atoms with Crippen LogP contribution in [0.25, 0.3) is 0 Å². The van der Waals surface area contributed by atoms with Crippen molar-refractivity contribution in [2.45, 2.75) is 29.6 Å². The number of amides is 1. The van der Waals surface area contributed by atoms with Gasteiger partial charge in [0.1, 0.15) is 4.90 Å². The highest BCUT2D eigenvalue weighted by atomic mass is 32.2. The lowest BCUT2D eigenvalue weighted by Gasteiger charge is -2.20. The van der Waals surface area contributed by atoms with Gasteiger partial charge in [-0.3, -0.25) is 18.7 Å². The molecule has 10 nitrogen and oxygen atoms in total. The molecule has 0 aliphatic rings. The number of carbonyl (C=O) groups is 2. The Morgan fingerprint density at radius 2 is 1.64 bits per heavy atom. The smallest absolute Gasteiger partial charge is 0.303 e. The van der Waals surface area contributed by atoms with Crippen molar-refractivity contribution in [3.05, 3.63) is 23.3 Å². The zero-order chi connectivity index (χ0) is 19.6. The Hall–Kier alpha value is -2.02. The molecule has 0 saturated carbocycles. The normalized spacial score (nSPS) is 12.0. The van der Waals surface area contributed by atoms with Gasteiger partial charge in [-0.1, -0.05) is 0 Å². The van der Waals surface area contributed by atoms with Crippen molar-refractivity contribution in [2.24, 2.45) is 0 Å². The van der Waals surface area contributed by atoms with E-state index < -0.39 is 47.5 Å². The maximum Gasteiger partial charge on any atom is 0.303 e. The highest BCUT2D eigenvalue weighted by Crippen LogP contribution is 2.25. The third-order valence-electron chi connectivity index (χ3n) is 3.29. The molecule has 1 amide bonds. The third kappa shape index (κ3) is 5.49. The average molecular weight is 395 g/mol. The van der Waals surface area contributed by atoms with Crippen LogP contribution in [0, 0.1) is 6.92 Å². The molecule has 0 bridgehead atoms. The summed E-state index contributed by atoms with van der Waals surface area (Å²) in [5.74, 6) is -1.91. The lowest BCUT2D eigenvalue weighted by molar-refractivity contribution is -0.137. The van der Waals surface area contributed by atoms with Crippen LogP contribution < -0.4 is 0 Å². The molecule has 3 N–H and O–H groups in total. The molecule has 1 aromatic rings. The van der Waals surface area contributed by atoms with E-state index >= 15 is 0 Å². The van der Waals surface area contributed by atoms with Gasteiger partial charge in [0.05, 0.1) is 10.5 Å². The SMILES string of the molecule is Cc1cc(S(=O)(=O)O)cc(S(=O)(=O)O)c1C(=O)N(C)CCCC(=O)O. The Kier molecular flexibility index (Phi) is 6.28. The van der Waals surface area contributed by atoms with Crippen LogP contribution >= 0.6 is 0 Å². The molecule has 0 fully saturated rings. The van der Waals surface area contributed by atoms with E-state index in [0.717, 1.165) is 11.0 Å². The fourth-order valence-corrected chi connectivity index (χ4v) is 3.56. The number of hydrogen-bond acceptors (Lipinski definition) is 6. The number of carboxylic acids is 1. The van der Waals surface area contributed by atoms with Crippen molar-refractivity contribution >= 4 is 32.1 Å². The van der Waals surface area contributed by atoms with Crippen LogP contribution in [0.3, 0.4) is 0 Å². The highest BCUT2D eigenvalue weighted by molar-refractivity contribution is 7.86. The Morgan fingerprint density at radius 3 is 2.08 bits per heavy atom. The Labute approximate surface area is 144 Å². The second-order valence-corrected chi connectivity index (χ2v) is 8.10. The van der Waals surface area contributed by atoms with E-state index in [4.69, 9.17) is 9.66 Å². The van der Waals surface area contributed by atoms with Crippen LogP contribution in [0.4, 0.5) is 0 Å². The Balaban J connectivity index is 3.39. The zero-order valence-electron chi connectivity index (χ0n) is 13.3. The molecule has 140 valence electrons. The molecule has 0 radical (unpaired) electrons. The number of carboxylic acid groups (broad SMARTS) is 1. The zero-order valence-corrected chi connectivity index (χ0v) is 15.0. The van der Waals surface area contributed by atoms with Gasteiger partial charge in [-0.25, -0.2) is 0 Å². The summed E-state index contributed by atoms with van der Waals surface area (Å²) in [6.07, 6.45) is -0.0929. The number of hydrogen-bond donors (Lipinski definition) is 3. The van der Waals surface area contributed by atoms with Gasteiger partial charge in [0.2, 0.25) is 0 Å². The number of aliphatic carboxylic acids is 1. The Bertz CT molecular complexity index is 904. The van der Waals surface area contributed by atoms with Crippen molar-refractivity contribution in [1.29, 1.82) is 0 Å². The molecular formula is C13H17NO9S2. The van der Waals surface area contributed by atoms with Crippen LogP contribution in [-0.2, 0) is 25.0 Å². The summed E-state index contributed by atoms with van der Waals surface area (Å²) in [4.78, 5) is 22.3. The Morgan fingerprint density at radius 1 is 1.08 bits per heavy atom. The van der Waals surface area contributed by atoms with Gasteiger partial charge in [-0.2, -0.15) is 16.8 Å². The number of carbonyl (C=O) groups excluding carboxylic acids is 1. The fourth-order valence-electron chi connectivity index (χ4n) is 2.11. The van der Waals surface area contributed by atoms with Crippen LogP contribution in [0.1, 0.15) is 28.8 Å². The molecule has 0 heterocycles. The fraction of sp³-hybridized carbons (Fsp3) is 0.385. The number of benzene rings is 1. The van der Waals surface area contributed by atoms with Crippen LogP contribution in [0.15, 0.2) is 21.9 Å². The van der Waals surface area contributed by atoms with Gasteiger partial charge >= 0.3 is 5.97 Å². The van der Waals surface area contributed by atoms with E-state index in [1.807, 2.05) is 0 Å². The van der Waals surface area contributed by atoms with Crippen molar-refractivity contribution in [1.82, 2.24) is 4.90 Å². The van der Waals surface area contributed by atoms with Crippen molar-refractivity contribution in [2.75, 3.05) is 13.6 Å². The molecule has 0 spiro atoms. The standard InChI is InChI=1S/C13H17NO9S2/c1-8-6-9(24(18,19)20)7-10(25(21,22)23)12(8)13(17)14(2)5-3-4-11(15)16/h6-7H,3-5H2,1-2H3,(H,15,16)(H,18,19,20)(H,21,22,23). The molecular weight excluding hydrogens is 378 g/mol. The molecule has 0 aliphatic heterocycles. The van der Waals surface area contributed by atoms with Crippen molar-refractivity contribution in [3.63, 3.8) is 0 Å². The van der Waals surface area contributed by atoms with Gasteiger partial charge in [0.25, 0.3) is 26.1 Å². The summed E-state index contributed by atoms with van der Waals surface area (Å²) in [6, 6.07) is 1.37. The average Bonchev–Trinajstić information content (AvgIpc) is 2.43. The summed E-state index contributed by atoms with van der Waals surface area (Å²) < 4.78 is 63.9. The topological polar surface area (TPSA) is 166 Å². The van der Waals surface area contributed by atoms with Crippen LogP contribution in [-0.4, -0.2) is 61.4 Å². The largest absolute Gasteiger partial charge is 0.481 e. The van der Waals surface area contributed by atoms with E-state index in [1.165, 1.54) is 14.0 Å². The second-order valence-electron chi connectivity index (χ2n) is 5.29. The molecule has 25 heavy (non-hydrogen) atoms. The molecule has 1 rings (SSSR count). The quantitative estimate of drug-likeness (QED) is 0.554. The maximum absolute atomic E-state index is 12.5. The maximum atomic E-state index is 12.5. The lowest BCUT2D eigenvalue weighted by atomic mass is 10.1. The lowest BCUT2D eigenvalue weighted by Crippen LogP contribution is -2.30. The number of aryl methyl sites for hydroxylation is 1. The number of rotatable bonds is 7. The summed E-state index contributed by atoms with van der Waals surface area (Å²) in [6.45, 7) is 1.23. The van der Waals surface area contributed by atoms with Crippen LogP contribution in [0.5, 0.6) is 0 Å². The highest BCUT2D eigenvalue weighted by Gasteiger charge is 2.28. The van der Waals surface area contributed by atoms with E-state index in [0.29, 0.717) is 6.07 Å². The molecule has 0 atom stereocenters. The minimum Gasteiger partial charge on any atom is -0.481 e. The van der Waals surface area contributed by atoms with E-state index in [2.05, 4.69) is 0 Å². The predicted molar refractivity (Wildman–Crippen MR) is 84.6 cm³/mol. The van der Waals surface area contributed by atoms with E-state index in [1.54, 1.807) is 0 Å².